The van der Waals surface area contributed by atoms with Crippen LogP contribution >= 0.6 is 10.7 Å². The summed E-state index contributed by atoms with van der Waals surface area (Å²) in [4.78, 5) is 0. The summed E-state index contributed by atoms with van der Waals surface area (Å²) >= 11 is 0. The lowest BCUT2D eigenvalue weighted by Crippen LogP contribution is -1.99. The monoisotopic (exact) mass is 300 g/mol. The van der Waals surface area contributed by atoms with Crippen LogP contribution in [0.1, 0.15) is 5.56 Å². The molecule has 4 nitrogen and oxygen atoms in total. The number of hydrogen-bond acceptors (Lipinski definition) is 4. The van der Waals surface area contributed by atoms with Crippen molar-refractivity contribution in [1.29, 1.82) is 0 Å². The van der Waals surface area contributed by atoms with Gasteiger partial charge >= 0.3 is 0 Å². The quantitative estimate of drug-likeness (QED) is 0.815. The fraction of sp³-hybridized carbons (Fsp3) is 0.231. The van der Waals surface area contributed by atoms with Gasteiger partial charge < -0.3 is 9.47 Å². The highest BCUT2D eigenvalue weighted by Crippen LogP contribution is 2.35. The second kappa shape index (κ2) is 5.27. The van der Waals surface area contributed by atoms with E-state index in [1.54, 1.807) is 19.2 Å². The van der Waals surface area contributed by atoms with Crippen molar-refractivity contribution in [2.24, 2.45) is 0 Å². The molecule has 102 valence electrons. The summed E-state index contributed by atoms with van der Waals surface area (Å²) < 4.78 is 33.0. The van der Waals surface area contributed by atoms with Gasteiger partial charge in [0.25, 0.3) is 0 Å². The highest BCUT2D eigenvalue weighted by molar-refractivity contribution is 8.13. The molecule has 0 aliphatic heterocycles. The SMILES string of the molecule is COc1cccc2c(OC)c(CS(=O)(=O)Cl)ccc12. The summed E-state index contributed by atoms with van der Waals surface area (Å²) in [5.74, 6) is 0.932. The first-order chi connectivity index (χ1) is 8.96. The lowest BCUT2D eigenvalue weighted by Gasteiger charge is -2.12. The zero-order valence-electron chi connectivity index (χ0n) is 10.5. The predicted octanol–water partition coefficient (Wildman–Crippen LogP) is 2.93. The highest BCUT2D eigenvalue weighted by atomic mass is 35.7. The van der Waals surface area contributed by atoms with Crippen molar-refractivity contribution in [3.8, 4) is 11.5 Å². The molecule has 0 atom stereocenters. The maximum atomic E-state index is 11.2. The van der Waals surface area contributed by atoms with Crippen molar-refractivity contribution in [2.75, 3.05) is 14.2 Å². The van der Waals surface area contributed by atoms with Gasteiger partial charge in [-0.3, -0.25) is 0 Å². The Kier molecular flexibility index (Phi) is 3.87. The van der Waals surface area contributed by atoms with E-state index >= 15 is 0 Å². The summed E-state index contributed by atoms with van der Waals surface area (Å²) in [6, 6.07) is 8.99. The number of hydrogen-bond donors (Lipinski definition) is 0. The summed E-state index contributed by atoms with van der Waals surface area (Å²) in [6.07, 6.45) is 0. The smallest absolute Gasteiger partial charge is 0.236 e. The molecule has 6 heteroatoms. The van der Waals surface area contributed by atoms with E-state index in [9.17, 15) is 8.42 Å². The number of fused-ring (bicyclic) bond motifs is 1. The second-order valence-electron chi connectivity index (χ2n) is 4.00. The first kappa shape index (κ1) is 14.0. The van der Waals surface area contributed by atoms with E-state index in [2.05, 4.69) is 0 Å². The molecular formula is C13H13ClO4S. The van der Waals surface area contributed by atoms with Crippen LogP contribution in [-0.4, -0.2) is 22.6 Å². The molecule has 0 heterocycles. The normalized spacial score (nSPS) is 11.5. The van der Waals surface area contributed by atoms with Gasteiger partial charge in [0.05, 0.1) is 20.0 Å². The van der Waals surface area contributed by atoms with Gasteiger partial charge in [-0.25, -0.2) is 8.42 Å². The fourth-order valence-corrected chi connectivity index (χ4v) is 3.02. The molecular weight excluding hydrogens is 288 g/mol. The van der Waals surface area contributed by atoms with Crippen LogP contribution in [-0.2, 0) is 14.8 Å². The largest absolute Gasteiger partial charge is 0.496 e. The molecule has 2 rings (SSSR count). The van der Waals surface area contributed by atoms with E-state index in [4.69, 9.17) is 20.2 Å². The zero-order chi connectivity index (χ0) is 14.0. The summed E-state index contributed by atoms with van der Waals surface area (Å²) in [6.45, 7) is 0. The number of methoxy groups -OCH3 is 2. The predicted molar refractivity (Wildman–Crippen MR) is 75.5 cm³/mol. The lowest BCUT2D eigenvalue weighted by molar-refractivity contribution is 0.413. The maximum Gasteiger partial charge on any atom is 0.236 e. The van der Waals surface area contributed by atoms with Gasteiger partial charge in [0.15, 0.2) is 0 Å². The molecule has 2 aromatic rings. The lowest BCUT2D eigenvalue weighted by atomic mass is 10.1. The molecule has 0 saturated heterocycles. The minimum Gasteiger partial charge on any atom is -0.496 e. The summed E-state index contributed by atoms with van der Waals surface area (Å²) in [5, 5.41) is 1.65. The molecule has 2 aromatic carbocycles. The molecule has 0 aromatic heterocycles. The van der Waals surface area contributed by atoms with Crippen molar-refractivity contribution in [2.45, 2.75) is 5.75 Å². The molecule has 0 amide bonds. The maximum absolute atomic E-state index is 11.2. The molecule has 0 bridgehead atoms. The Balaban J connectivity index is 2.70. The molecule has 0 saturated carbocycles. The van der Waals surface area contributed by atoms with Crippen molar-refractivity contribution in [3.05, 3.63) is 35.9 Å². The summed E-state index contributed by atoms with van der Waals surface area (Å²) in [5.41, 5.74) is 0.526. The number of benzene rings is 2. The van der Waals surface area contributed by atoms with Gasteiger partial charge in [-0.2, -0.15) is 0 Å². The zero-order valence-corrected chi connectivity index (χ0v) is 12.1. The van der Waals surface area contributed by atoms with Crippen LogP contribution in [0.5, 0.6) is 11.5 Å². The first-order valence-electron chi connectivity index (χ1n) is 5.51. The molecule has 0 fully saturated rings. The van der Waals surface area contributed by atoms with Crippen LogP contribution in [0.25, 0.3) is 10.8 Å². The van der Waals surface area contributed by atoms with Gasteiger partial charge in [-0.15, -0.1) is 0 Å². The Morgan fingerprint density at radius 2 is 1.79 bits per heavy atom. The third-order valence-corrected chi connectivity index (χ3v) is 3.79. The average Bonchev–Trinajstić information content (AvgIpc) is 2.35. The highest BCUT2D eigenvalue weighted by Gasteiger charge is 2.15. The molecule has 0 spiro atoms. The van der Waals surface area contributed by atoms with Crippen molar-refractivity contribution >= 4 is 30.5 Å². The first-order valence-corrected chi connectivity index (χ1v) is 7.99. The molecule has 0 unspecified atom stereocenters. The van der Waals surface area contributed by atoms with Crippen LogP contribution in [0, 0.1) is 0 Å². The van der Waals surface area contributed by atoms with E-state index in [0.29, 0.717) is 17.1 Å². The van der Waals surface area contributed by atoms with Gasteiger partial charge in [0.2, 0.25) is 9.05 Å². The van der Waals surface area contributed by atoms with Crippen LogP contribution in [0.3, 0.4) is 0 Å². The number of ether oxygens (including phenoxy) is 2. The fourth-order valence-electron chi connectivity index (χ4n) is 2.06. The van der Waals surface area contributed by atoms with Crippen molar-refractivity contribution in [3.63, 3.8) is 0 Å². The van der Waals surface area contributed by atoms with E-state index in [1.807, 2.05) is 18.2 Å². The Bertz CT molecular complexity index is 710. The Morgan fingerprint density at radius 3 is 2.37 bits per heavy atom. The third kappa shape index (κ3) is 2.93. The van der Waals surface area contributed by atoms with E-state index < -0.39 is 9.05 Å². The molecule has 0 radical (unpaired) electrons. The Morgan fingerprint density at radius 1 is 1.05 bits per heavy atom. The molecule has 19 heavy (non-hydrogen) atoms. The van der Waals surface area contributed by atoms with Gasteiger partial charge in [-0.1, -0.05) is 24.3 Å². The molecule has 0 aliphatic rings. The third-order valence-electron chi connectivity index (χ3n) is 2.81. The van der Waals surface area contributed by atoms with Crippen molar-refractivity contribution in [1.82, 2.24) is 0 Å². The van der Waals surface area contributed by atoms with Crippen molar-refractivity contribution < 1.29 is 17.9 Å². The van der Waals surface area contributed by atoms with Crippen LogP contribution in [0.2, 0.25) is 0 Å². The average molecular weight is 301 g/mol. The van der Waals surface area contributed by atoms with E-state index in [1.165, 1.54) is 7.11 Å². The van der Waals surface area contributed by atoms with Crippen LogP contribution in [0.4, 0.5) is 0 Å². The minimum atomic E-state index is -3.63. The number of halogens is 1. The van der Waals surface area contributed by atoms with Crippen LogP contribution in [0.15, 0.2) is 30.3 Å². The standard InChI is InChI=1S/C13H13ClO4S/c1-17-12-5-3-4-11-10(12)7-6-9(13(11)18-2)8-19(14,15)16/h3-7H,8H2,1-2H3. The molecule has 0 aliphatic carbocycles. The van der Waals surface area contributed by atoms with Gasteiger partial charge in [0.1, 0.15) is 11.5 Å². The summed E-state index contributed by atoms with van der Waals surface area (Å²) in [7, 11) is 4.75. The topological polar surface area (TPSA) is 52.6 Å². The van der Waals surface area contributed by atoms with E-state index in [0.717, 1.165) is 10.8 Å². The molecule has 0 N–H and O–H groups in total. The number of rotatable bonds is 4. The van der Waals surface area contributed by atoms with Crippen LogP contribution < -0.4 is 9.47 Å². The second-order valence-corrected chi connectivity index (χ2v) is 6.77. The van der Waals surface area contributed by atoms with E-state index in [-0.39, 0.29) is 5.75 Å². The van der Waals surface area contributed by atoms with Gasteiger partial charge in [-0.05, 0) is 6.07 Å². The Hall–Kier alpha value is -1.46. The van der Waals surface area contributed by atoms with Gasteiger partial charge in [0, 0.05) is 27.0 Å². The Labute approximate surface area is 116 Å². The minimum absolute atomic E-state index is 0.273.